The van der Waals surface area contributed by atoms with E-state index < -0.39 is 0 Å². The third-order valence-electron chi connectivity index (χ3n) is 5.70. The van der Waals surface area contributed by atoms with E-state index in [1.54, 1.807) is 0 Å². The van der Waals surface area contributed by atoms with Crippen LogP contribution in [0, 0.1) is 5.92 Å². The molecule has 5 rings (SSSR count). The number of halogens is 1. The van der Waals surface area contributed by atoms with Crippen molar-refractivity contribution in [2.24, 2.45) is 5.92 Å². The molecule has 27 heavy (non-hydrogen) atoms. The second kappa shape index (κ2) is 6.89. The summed E-state index contributed by atoms with van der Waals surface area (Å²) >= 11 is 6.13. The molecular weight excluding hydrogens is 366 g/mol. The van der Waals surface area contributed by atoms with Crippen LogP contribution in [0.4, 0.5) is 0 Å². The molecule has 1 saturated heterocycles. The molecule has 2 aromatic rings. The Morgan fingerprint density at radius 1 is 0.963 bits per heavy atom. The zero-order chi connectivity index (χ0) is 18.4. The Morgan fingerprint density at radius 3 is 2.41 bits per heavy atom. The number of morpholine rings is 1. The molecule has 1 fully saturated rings. The quantitative estimate of drug-likeness (QED) is 0.781. The van der Waals surface area contributed by atoms with Crippen LogP contribution in [-0.4, -0.2) is 44.2 Å². The van der Waals surface area contributed by atoms with E-state index in [0.29, 0.717) is 0 Å². The molecule has 0 aliphatic carbocycles. The molecule has 0 amide bonds. The van der Waals surface area contributed by atoms with E-state index in [4.69, 9.17) is 30.5 Å². The molecule has 142 valence electrons. The van der Waals surface area contributed by atoms with Crippen molar-refractivity contribution in [2.45, 2.75) is 19.1 Å². The Morgan fingerprint density at radius 2 is 1.67 bits per heavy atom. The zero-order valence-electron chi connectivity index (χ0n) is 15.2. The van der Waals surface area contributed by atoms with Gasteiger partial charge in [-0.3, -0.25) is 4.90 Å². The van der Waals surface area contributed by atoms with Crippen LogP contribution in [0.1, 0.15) is 24.0 Å². The number of hydrogen-bond donors (Lipinski definition) is 0. The van der Waals surface area contributed by atoms with Crippen molar-refractivity contribution >= 4 is 11.6 Å². The lowest BCUT2D eigenvalue weighted by molar-refractivity contribution is -0.0784. The summed E-state index contributed by atoms with van der Waals surface area (Å²) in [4.78, 5) is 2.38. The maximum absolute atomic E-state index is 6.49. The average molecular weight is 388 g/mol. The van der Waals surface area contributed by atoms with Gasteiger partial charge in [-0.2, -0.15) is 0 Å². The van der Waals surface area contributed by atoms with E-state index in [-0.39, 0.29) is 24.9 Å². The number of nitrogens with zero attached hydrogens (tertiary/aromatic N) is 1. The Balaban J connectivity index is 1.59. The smallest absolute Gasteiger partial charge is 0.231 e. The van der Waals surface area contributed by atoms with E-state index in [9.17, 15) is 0 Å². The molecule has 0 aromatic heterocycles. The minimum atomic E-state index is -0.0116. The first-order valence-corrected chi connectivity index (χ1v) is 9.76. The van der Waals surface area contributed by atoms with Crippen LogP contribution in [0.25, 0.3) is 0 Å². The van der Waals surface area contributed by atoms with E-state index in [1.165, 1.54) is 5.56 Å². The summed E-state index contributed by atoms with van der Waals surface area (Å²) in [7, 11) is 0. The Labute approximate surface area is 163 Å². The van der Waals surface area contributed by atoms with Gasteiger partial charge in [-0.15, -0.1) is 0 Å². The van der Waals surface area contributed by atoms with Crippen molar-refractivity contribution in [3.05, 3.63) is 52.5 Å². The van der Waals surface area contributed by atoms with Crippen molar-refractivity contribution in [3.8, 4) is 17.2 Å². The predicted molar refractivity (Wildman–Crippen MR) is 102 cm³/mol. The largest absolute Gasteiger partial charge is 0.474 e. The minimum Gasteiger partial charge on any atom is -0.474 e. The molecule has 6 heteroatoms. The van der Waals surface area contributed by atoms with Crippen molar-refractivity contribution in [1.82, 2.24) is 4.90 Å². The van der Waals surface area contributed by atoms with Crippen molar-refractivity contribution in [3.63, 3.8) is 0 Å². The number of benzene rings is 2. The monoisotopic (exact) mass is 387 g/mol. The van der Waals surface area contributed by atoms with E-state index in [2.05, 4.69) is 30.0 Å². The van der Waals surface area contributed by atoms with Crippen molar-refractivity contribution in [1.29, 1.82) is 0 Å². The second-order valence-electron chi connectivity index (χ2n) is 7.29. The van der Waals surface area contributed by atoms with Crippen LogP contribution < -0.4 is 14.2 Å². The molecule has 0 unspecified atom stereocenters. The van der Waals surface area contributed by atoms with Crippen LogP contribution in [0.15, 0.2) is 36.4 Å². The lowest BCUT2D eigenvalue weighted by Gasteiger charge is -2.44. The molecule has 0 bridgehead atoms. The molecule has 0 saturated carbocycles. The van der Waals surface area contributed by atoms with Gasteiger partial charge < -0.3 is 18.9 Å². The maximum atomic E-state index is 6.49. The minimum absolute atomic E-state index is 0.0116. The highest BCUT2D eigenvalue weighted by atomic mass is 35.5. The fourth-order valence-corrected chi connectivity index (χ4v) is 4.49. The molecule has 3 heterocycles. The highest BCUT2D eigenvalue weighted by Gasteiger charge is 2.41. The molecule has 3 atom stereocenters. The van der Waals surface area contributed by atoms with Gasteiger partial charge in [-0.1, -0.05) is 30.7 Å². The molecule has 0 N–H and O–H groups in total. The lowest BCUT2D eigenvalue weighted by atomic mass is 9.78. The molecular formula is C21H22ClNO4. The molecule has 0 spiro atoms. The fraction of sp³-hybridized carbons (Fsp3) is 0.429. The van der Waals surface area contributed by atoms with Gasteiger partial charge in [0, 0.05) is 41.6 Å². The van der Waals surface area contributed by atoms with Gasteiger partial charge in [0.2, 0.25) is 6.79 Å². The number of hydrogen-bond acceptors (Lipinski definition) is 5. The van der Waals surface area contributed by atoms with Gasteiger partial charge in [0.05, 0.1) is 13.2 Å². The average Bonchev–Trinajstić information content (AvgIpc) is 3.15. The molecule has 0 radical (unpaired) electrons. The van der Waals surface area contributed by atoms with E-state index in [1.807, 2.05) is 18.2 Å². The van der Waals surface area contributed by atoms with Crippen LogP contribution in [-0.2, 0) is 4.74 Å². The Hall–Kier alpha value is -1.95. The van der Waals surface area contributed by atoms with Gasteiger partial charge in [-0.25, -0.2) is 0 Å². The summed E-state index contributed by atoms with van der Waals surface area (Å²) in [6.45, 7) is 5.75. The standard InChI is InChI=1S/C21H22ClNO4/c1-13-20(14-2-4-15(22)5-3-14)16-10-18-19(26-12-25-18)11-17(16)27-21(13)23-6-8-24-9-7-23/h2-5,10-11,13,20-21H,6-9,12H2,1H3/t13-,20+,21-/m0/s1. The summed E-state index contributed by atoms with van der Waals surface area (Å²) in [5, 5.41) is 0.745. The zero-order valence-corrected chi connectivity index (χ0v) is 15.9. The number of rotatable bonds is 2. The van der Waals surface area contributed by atoms with Gasteiger partial charge >= 0.3 is 0 Å². The fourth-order valence-electron chi connectivity index (χ4n) is 4.36. The highest BCUT2D eigenvalue weighted by molar-refractivity contribution is 6.30. The summed E-state index contributed by atoms with van der Waals surface area (Å²) in [5.74, 6) is 2.85. The summed E-state index contributed by atoms with van der Waals surface area (Å²) in [6, 6.07) is 12.2. The van der Waals surface area contributed by atoms with E-state index >= 15 is 0 Å². The first kappa shape index (κ1) is 17.2. The molecule has 3 aliphatic rings. The van der Waals surface area contributed by atoms with E-state index in [0.717, 1.165) is 54.1 Å². The summed E-state index contributed by atoms with van der Waals surface area (Å²) in [6.07, 6.45) is -0.0116. The number of ether oxygens (including phenoxy) is 4. The van der Waals surface area contributed by atoms with Gasteiger partial charge in [0.25, 0.3) is 0 Å². The first-order chi connectivity index (χ1) is 13.2. The SMILES string of the molecule is C[C@H]1[C@H](c2ccc(Cl)cc2)c2cc3c(cc2O[C@@H]1N1CCOCC1)OCO3. The normalized spacial score (nSPS) is 27.1. The number of fused-ring (bicyclic) bond motifs is 2. The lowest BCUT2D eigenvalue weighted by Crippen LogP contribution is -2.52. The van der Waals surface area contributed by atoms with Gasteiger partial charge in [-0.05, 0) is 23.8 Å². The third-order valence-corrected chi connectivity index (χ3v) is 5.95. The predicted octanol–water partition coefficient (Wildman–Crippen LogP) is 3.89. The topological polar surface area (TPSA) is 40.2 Å². The first-order valence-electron chi connectivity index (χ1n) is 9.38. The summed E-state index contributed by atoms with van der Waals surface area (Å²) < 4.78 is 23.2. The van der Waals surface area contributed by atoms with Crippen molar-refractivity contribution < 1.29 is 18.9 Å². The van der Waals surface area contributed by atoms with Gasteiger partial charge in [0.1, 0.15) is 5.75 Å². The van der Waals surface area contributed by atoms with Crippen molar-refractivity contribution in [2.75, 3.05) is 33.1 Å². The molecule has 2 aromatic carbocycles. The highest BCUT2D eigenvalue weighted by Crippen LogP contribution is 2.49. The second-order valence-corrected chi connectivity index (χ2v) is 7.72. The summed E-state index contributed by atoms with van der Waals surface area (Å²) in [5.41, 5.74) is 2.37. The van der Waals surface area contributed by atoms with Gasteiger partial charge in [0.15, 0.2) is 17.7 Å². The molecule has 5 nitrogen and oxygen atoms in total. The Bertz CT molecular complexity index is 835. The Kier molecular flexibility index (Phi) is 4.38. The third kappa shape index (κ3) is 3.04. The molecule has 3 aliphatic heterocycles. The van der Waals surface area contributed by atoms with Crippen LogP contribution >= 0.6 is 11.6 Å². The van der Waals surface area contributed by atoms with Crippen LogP contribution in [0.2, 0.25) is 5.02 Å². The van der Waals surface area contributed by atoms with Crippen LogP contribution in [0.5, 0.6) is 17.2 Å². The van der Waals surface area contributed by atoms with Crippen LogP contribution in [0.3, 0.4) is 0 Å². The maximum Gasteiger partial charge on any atom is 0.231 e.